The van der Waals surface area contributed by atoms with Crippen LogP contribution in [0, 0.1) is 0 Å². The normalized spacial score (nSPS) is 11.9. The number of carbonyl (C=O) groups is 1. The van der Waals surface area contributed by atoms with Crippen molar-refractivity contribution in [2.24, 2.45) is 0 Å². The predicted molar refractivity (Wildman–Crippen MR) is 109 cm³/mol. The maximum absolute atomic E-state index is 12.3. The topological polar surface area (TPSA) is 78.9 Å². The molecule has 0 atom stereocenters. The van der Waals surface area contributed by atoms with E-state index in [0.717, 1.165) is 27.6 Å². The van der Waals surface area contributed by atoms with Crippen LogP contribution in [0.3, 0.4) is 0 Å². The van der Waals surface area contributed by atoms with Crippen LogP contribution in [0.2, 0.25) is 0 Å². The van der Waals surface area contributed by atoms with E-state index in [4.69, 9.17) is 18.9 Å². The SMILES string of the molecule is COc1ccc(-c2nc(CC(=O)NCc3ccc4c(c3)OCO4)cs2)cc1OC. The van der Waals surface area contributed by atoms with E-state index in [9.17, 15) is 4.79 Å². The number of nitrogens with one attached hydrogen (secondary N) is 1. The molecule has 2 aromatic carbocycles. The van der Waals surface area contributed by atoms with Crippen molar-refractivity contribution in [2.45, 2.75) is 13.0 Å². The lowest BCUT2D eigenvalue weighted by Crippen LogP contribution is -2.24. The molecule has 1 aromatic heterocycles. The van der Waals surface area contributed by atoms with Crippen molar-refractivity contribution in [1.29, 1.82) is 0 Å². The largest absolute Gasteiger partial charge is 0.493 e. The summed E-state index contributed by atoms with van der Waals surface area (Å²) in [6, 6.07) is 11.3. The zero-order valence-electron chi connectivity index (χ0n) is 16.1. The van der Waals surface area contributed by atoms with Crippen molar-refractivity contribution in [3.05, 3.63) is 53.0 Å². The number of benzene rings is 2. The Morgan fingerprint density at radius 2 is 1.93 bits per heavy atom. The standard InChI is InChI=1S/C21H20N2O5S/c1-25-16-6-4-14(8-18(16)26-2)21-23-15(11-29-21)9-20(24)22-10-13-3-5-17-19(7-13)28-12-27-17/h3-8,11H,9-10,12H2,1-2H3,(H,22,24). The molecule has 0 radical (unpaired) electrons. The first-order valence-electron chi connectivity index (χ1n) is 8.98. The van der Waals surface area contributed by atoms with Crippen molar-refractivity contribution in [1.82, 2.24) is 10.3 Å². The van der Waals surface area contributed by atoms with Crippen LogP contribution >= 0.6 is 11.3 Å². The summed E-state index contributed by atoms with van der Waals surface area (Å²) in [6.07, 6.45) is 0.217. The quantitative estimate of drug-likeness (QED) is 0.641. The Bertz CT molecular complexity index is 1030. The van der Waals surface area contributed by atoms with Gasteiger partial charge in [-0.3, -0.25) is 4.79 Å². The van der Waals surface area contributed by atoms with E-state index in [2.05, 4.69) is 10.3 Å². The van der Waals surface area contributed by atoms with Crippen LogP contribution in [0.5, 0.6) is 23.0 Å². The van der Waals surface area contributed by atoms with Crippen LogP contribution < -0.4 is 24.3 Å². The molecule has 2 heterocycles. The molecule has 0 unspecified atom stereocenters. The Labute approximate surface area is 172 Å². The second-order valence-electron chi connectivity index (χ2n) is 6.35. The lowest BCUT2D eigenvalue weighted by atomic mass is 10.2. The number of hydrogen-bond acceptors (Lipinski definition) is 7. The molecule has 0 saturated heterocycles. The van der Waals surface area contributed by atoms with Gasteiger partial charge in [0.05, 0.1) is 26.3 Å². The molecule has 29 heavy (non-hydrogen) atoms. The molecule has 8 heteroatoms. The minimum Gasteiger partial charge on any atom is -0.493 e. The summed E-state index contributed by atoms with van der Waals surface area (Å²) in [5.74, 6) is 2.65. The molecule has 1 aliphatic rings. The Morgan fingerprint density at radius 3 is 2.76 bits per heavy atom. The molecule has 0 fully saturated rings. The van der Waals surface area contributed by atoms with E-state index in [1.54, 1.807) is 14.2 Å². The third-order valence-corrected chi connectivity index (χ3v) is 5.39. The van der Waals surface area contributed by atoms with Crippen LogP contribution in [0.4, 0.5) is 0 Å². The van der Waals surface area contributed by atoms with E-state index in [-0.39, 0.29) is 19.1 Å². The lowest BCUT2D eigenvalue weighted by Gasteiger charge is -2.08. The van der Waals surface area contributed by atoms with Gasteiger partial charge in [-0.25, -0.2) is 4.98 Å². The summed E-state index contributed by atoms with van der Waals surface area (Å²) >= 11 is 1.49. The first kappa shape index (κ1) is 19.1. The molecule has 0 saturated carbocycles. The van der Waals surface area contributed by atoms with Crippen LogP contribution in [-0.4, -0.2) is 31.9 Å². The van der Waals surface area contributed by atoms with Gasteiger partial charge in [-0.05, 0) is 35.9 Å². The molecular formula is C21H20N2O5S. The number of nitrogens with zero attached hydrogens (tertiary/aromatic N) is 1. The number of hydrogen-bond donors (Lipinski definition) is 1. The van der Waals surface area contributed by atoms with E-state index < -0.39 is 0 Å². The minimum atomic E-state index is -0.0909. The van der Waals surface area contributed by atoms with E-state index in [1.807, 2.05) is 41.8 Å². The smallest absolute Gasteiger partial charge is 0.231 e. The highest BCUT2D eigenvalue weighted by atomic mass is 32.1. The van der Waals surface area contributed by atoms with Crippen LogP contribution in [-0.2, 0) is 17.8 Å². The molecule has 0 aliphatic carbocycles. The molecule has 0 spiro atoms. The maximum atomic E-state index is 12.3. The van der Waals surface area contributed by atoms with Gasteiger partial charge in [-0.1, -0.05) is 6.07 Å². The van der Waals surface area contributed by atoms with Crippen molar-refractivity contribution in [3.63, 3.8) is 0 Å². The fraction of sp³-hybridized carbons (Fsp3) is 0.238. The number of carbonyl (C=O) groups excluding carboxylic acids is 1. The predicted octanol–water partition coefficient (Wildman–Crippen LogP) is 3.41. The Kier molecular flexibility index (Phi) is 5.53. The zero-order chi connectivity index (χ0) is 20.2. The number of fused-ring (bicyclic) bond motifs is 1. The molecule has 3 aromatic rings. The molecule has 1 amide bonds. The second kappa shape index (κ2) is 8.40. The fourth-order valence-corrected chi connectivity index (χ4v) is 3.79. The molecule has 1 N–H and O–H groups in total. The fourth-order valence-electron chi connectivity index (χ4n) is 2.97. The Hall–Kier alpha value is -3.26. The van der Waals surface area contributed by atoms with E-state index in [0.29, 0.717) is 23.8 Å². The first-order chi connectivity index (χ1) is 14.2. The number of amides is 1. The summed E-state index contributed by atoms with van der Waals surface area (Å²) < 4.78 is 21.3. The van der Waals surface area contributed by atoms with Crippen molar-refractivity contribution in [3.8, 4) is 33.6 Å². The van der Waals surface area contributed by atoms with Crippen LogP contribution in [0.15, 0.2) is 41.8 Å². The van der Waals surface area contributed by atoms with Gasteiger partial charge in [0.2, 0.25) is 12.7 Å². The third kappa shape index (κ3) is 4.27. The summed E-state index contributed by atoms with van der Waals surface area (Å²) in [4.78, 5) is 16.9. The van der Waals surface area contributed by atoms with Gasteiger partial charge in [-0.2, -0.15) is 0 Å². The number of rotatable bonds is 7. The van der Waals surface area contributed by atoms with Crippen LogP contribution in [0.1, 0.15) is 11.3 Å². The summed E-state index contributed by atoms with van der Waals surface area (Å²) in [5, 5.41) is 5.63. The average Bonchev–Trinajstić information content (AvgIpc) is 3.40. The number of aromatic nitrogens is 1. The molecular weight excluding hydrogens is 392 g/mol. The monoisotopic (exact) mass is 412 g/mol. The zero-order valence-corrected chi connectivity index (χ0v) is 16.9. The van der Waals surface area contributed by atoms with E-state index >= 15 is 0 Å². The summed E-state index contributed by atoms with van der Waals surface area (Å²) in [6.45, 7) is 0.652. The van der Waals surface area contributed by atoms with Gasteiger partial charge in [0.15, 0.2) is 23.0 Å². The highest BCUT2D eigenvalue weighted by Gasteiger charge is 2.14. The Morgan fingerprint density at radius 1 is 1.10 bits per heavy atom. The van der Waals surface area contributed by atoms with Crippen LogP contribution in [0.25, 0.3) is 10.6 Å². The highest BCUT2D eigenvalue weighted by Crippen LogP contribution is 2.34. The molecule has 1 aliphatic heterocycles. The number of methoxy groups -OCH3 is 2. The van der Waals surface area contributed by atoms with Crippen molar-refractivity contribution in [2.75, 3.05) is 21.0 Å². The second-order valence-corrected chi connectivity index (χ2v) is 7.21. The van der Waals surface area contributed by atoms with Gasteiger partial charge in [-0.15, -0.1) is 11.3 Å². The van der Waals surface area contributed by atoms with Crippen molar-refractivity contribution < 1.29 is 23.7 Å². The van der Waals surface area contributed by atoms with Gasteiger partial charge in [0, 0.05) is 17.5 Å². The van der Waals surface area contributed by atoms with Crippen molar-refractivity contribution >= 4 is 17.2 Å². The van der Waals surface area contributed by atoms with E-state index in [1.165, 1.54) is 11.3 Å². The summed E-state index contributed by atoms with van der Waals surface area (Å²) in [5.41, 5.74) is 2.59. The van der Waals surface area contributed by atoms with Gasteiger partial charge in [0.25, 0.3) is 0 Å². The molecule has 4 rings (SSSR count). The number of thiazole rings is 1. The minimum absolute atomic E-state index is 0.0909. The number of ether oxygens (including phenoxy) is 4. The summed E-state index contributed by atoms with van der Waals surface area (Å²) in [7, 11) is 3.20. The van der Waals surface area contributed by atoms with Gasteiger partial charge < -0.3 is 24.3 Å². The highest BCUT2D eigenvalue weighted by molar-refractivity contribution is 7.13. The molecule has 150 valence electrons. The molecule has 0 bridgehead atoms. The maximum Gasteiger partial charge on any atom is 0.231 e. The Balaban J connectivity index is 1.37. The molecule has 7 nitrogen and oxygen atoms in total. The first-order valence-corrected chi connectivity index (χ1v) is 9.86. The van der Waals surface area contributed by atoms with Gasteiger partial charge >= 0.3 is 0 Å². The third-order valence-electron chi connectivity index (χ3n) is 4.45. The lowest BCUT2D eigenvalue weighted by molar-refractivity contribution is -0.120. The van der Waals surface area contributed by atoms with Gasteiger partial charge in [0.1, 0.15) is 5.01 Å². The average molecular weight is 412 g/mol.